The number of ketones is 1. The monoisotopic (exact) mass is 434 g/mol. The highest BCUT2D eigenvalue weighted by molar-refractivity contribution is 6.32. The first kappa shape index (κ1) is 20.9. The fourth-order valence-corrected chi connectivity index (χ4v) is 4.01. The minimum atomic E-state index is -0.0779. The topological polar surface area (TPSA) is 89.4 Å². The van der Waals surface area contributed by atoms with E-state index in [2.05, 4.69) is 56.8 Å². The third-order valence-corrected chi connectivity index (χ3v) is 5.47. The lowest BCUT2D eigenvalue weighted by atomic mass is 9.98. The predicted molar refractivity (Wildman–Crippen MR) is 120 cm³/mol. The molecule has 2 heterocycles. The molecule has 4 aromatic rings. The summed E-state index contributed by atoms with van der Waals surface area (Å²) in [6.07, 6.45) is 2.84. The molecule has 0 saturated carbocycles. The van der Waals surface area contributed by atoms with E-state index in [4.69, 9.17) is 11.6 Å². The lowest BCUT2D eigenvalue weighted by molar-refractivity contribution is 0.100. The summed E-state index contributed by atoms with van der Waals surface area (Å²) in [6.45, 7) is 4.20. The number of aromatic amines is 1. The van der Waals surface area contributed by atoms with E-state index in [1.807, 2.05) is 28.8 Å². The zero-order chi connectivity index (χ0) is 21.8. The van der Waals surface area contributed by atoms with E-state index in [-0.39, 0.29) is 10.9 Å². The summed E-state index contributed by atoms with van der Waals surface area (Å²) in [5, 5.41) is 14.7. The van der Waals surface area contributed by atoms with E-state index in [0.29, 0.717) is 18.1 Å². The lowest BCUT2D eigenvalue weighted by Gasteiger charge is -2.12. The molecule has 8 heteroatoms. The molecule has 0 spiro atoms. The molecule has 7 nitrogen and oxygen atoms in total. The molecule has 0 radical (unpaired) electrons. The number of nitrogens with zero attached hydrogens (tertiary/aromatic N) is 5. The first-order valence-electron chi connectivity index (χ1n) is 10.3. The van der Waals surface area contributed by atoms with Gasteiger partial charge in [0.2, 0.25) is 5.82 Å². The van der Waals surface area contributed by atoms with Crippen LogP contribution in [0.3, 0.4) is 0 Å². The van der Waals surface area contributed by atoms with E-state index in [1.54, 1.807) is 0 Å². The van der Waals surface area contributed by atoms with Crippen molar-refractivity contribution >= 4 is 17.4 Å². The van der Waals surface area contributed by atoms with E-state index >= 15 is 0 Å². The standard InChI is InChI=1S/C23H23ClN6O/c1-3-4-9-20-25-22(24)21(15(2)31)30(20)14-16-10-12-17(13-11-16)18-7-5-6-8-19(18)23-26-28-29-27-23/h5-8,10-13H,3-4,9,14H2,1-2H3,(H,26,27,28,29). The molecule has 4 rings (SSSR count). The van der Waals surface area contributed by atoms with Gasteiger partial charge in [-0.1, -0.05) is 73.5 Å². The second-order valence-corrected chi connectivity index (χ2v) is 7.75. The average Bonchev–Trinajstić information content (AvgIpc) is 3.41. The van der Waals surface area contributed by atoms with Crippen LogP contribution >= 0.6 is 11.6 Å². The number of imidazole rings is 1. The molecule has 1 N–H and O–H groups in total. The van der Waals surface area contributed by atoms with Crippen LogP contribution in [0, 0.1) is 0 Å². The number of Topliss-reactive ketones (excluding diaryl/α,β-unsaturated/α-hetero) is 1. The van der Waals surface area contributed by atoms with Gasteiger partial charge < -0.3 is 4.57 Å². The molecule has 2 aromatic heterocycles. The van der Waals surface area contributed by atoms with Crippen molar-refractivity contribution in [2.45, 2.75) is 39.7 Å². The maximum atomic E-state index is 12.2. The Morgan fingerprint density at radius 3 is 2.48 bits per heavy atom. The van der Waals surface area contributed by atoms with Crippen molar-refractivity contribution in [3.8, 4) is 22.5 Å². The summed E-state index contributed by atoms with van der Waals surface area (Å²) in [5.74, 6) is 1.33. The molecule has 158 valence electrons. The Balaban J connectivity index is 1.65. The number of nitrogens with one attached hydrogen (secondary N) is 1. The quantitative estimate of drug-likeness (QED) is 0.395. The number of aryl methyl sites for hydroxylation is 1. The second-order valence-electron chi connectivity index (χ2n) is 7.39. The highest BCUT2D eigenvalue weighted by Crippen LogP contribution is 2.30. The van der Waals surface area contributed by atoms with Crippen molar-refractivity contribution < 1.29 is 4.79 Å². The van der Waals surface area contributed by atoms with Crippen molar-refractivity contribution in [2.75, 3.05) is 0 Å². The van der Waals surface area contributed by atoms with Gasteiger partial charge in [0.15, 0.2) is 10.9 Å². The number of benzene rings is 2. The maximum absolute atomic E-state index is 12.2. The zero-order valence-corrected chi connectivity index (χ0v) is 18.2. The van der Waals surface area contributed by atoms with Gasteiger partial charge in [0.05, 0.1) is 0 Å². The van der Waals surface area contributed by atoms with Crippen LogP contribution < -0.4 is 0 Å². The molecular formula is C23H23ClN6O. The van der Waals surface area contributed by atoms with Gasteiger partial charge in [-0.15, -0.1) is 10.2 Å². The van der Waals surface area contributed by atoms with Gasteiger partial charge in [0.1, 0.15) is 11.5 Å². The van der Waals surface area contributed by atoms with Crippen LogP contribution in [0.25, 0.3) is 22.5 Å². The molecule has 0 aliphatic rings. The molecule has 0 atom stereocenters. The number of tetrazole rings is 1. The van der Waals surface area contributed by atoms with Crippen LogP contribution in [0.1, 0.15) is 48.6 Å². The molecule has 0 saturated heterocycles. The van der Waals surface area contributed by atoms with Crippen molar-refractivity contribution in [1.29, 1.82) is 0 Å². The first-order chi connectivity index (χ1) is 15.1. The number of H-pyrrole nitrogens is 1. The Morgan fingerprint density at radius 1 is 1.10 bits per heavy atom. The fraction of sp³-hybridized carbons (Fsp3) is 0.261. The Bertz CT molecular complexity index is 1180. The van der Waals surface area contributed by atoms with E-state index < -0.39 is 0 Å². The summed E-state index contributed by atoms with van der Waals surface area (Å²) in [5.41, 5.74) is 4.51. The summed E-state index contributed by atoms with van der Waals surface area (Å²) < 4.78 is 1.95. The number of hydrogen-bond donors (Lipinski definition) is 1. The maximum Gasteiger partial charge on any atom is 0.205 e. The molecule has 0 amide bonds. The third kappa shape index (κ3) is 4.41. The van der Waals surface area contributed by atoms with Gasteiger partial charge in [-0.3, -0.25) is 4.79 Å². The average molecular weight is 435 g/mol. The summed E-state index contributed by atoms with van der Waals surface area (Å²) in [7, 11) is 0. The molecule has 2 aromatic carbocycles. The number of carbonyl (C=O) groups excluding carboxylic acids is 1. The van der Waals surface area contributed by atoms with Crippen molar-refractivity contribution in [3.63, 3.8) is 0 Å². The third-order valence-electron chi connectivity index (χ3n) is 5.21. The fourth-order valence-electron chi connectivity index (χ4n) is 3.68. The molecule has 0 unspecified atom stereocenters. The number of carbonyl (C=O) groups is 1. The van der Waals surface area contributed by atoms with Crippen molar-refractivity contribution in [3.05, 3.63) is 70.8 Å². The number of aromatic nitrogens is 6. The molecule has 0 aliphatic carbocycles. The van der Waals surface area contributed by atoms with Crippen LogP contribution in [0.2, 0.25) is 5.15 Å². The SMILES string of the molecule is CCCCc1nc(Cl)c(C(C)=O)n1Cc1ccc(-c2ccccc2-c2nn[nH]n2)cc1. The summed E-state index contributed by atoms with van der Waals surface area (Å²) in [6, 6.07) is 16.2. The zero-order valence-electron chi connectivity index (χ0n) is 17.5. The summed E-state index contributed by atoms with van der Waals surface area (Å²) in [4.78, 5) is 16.6. The lowest BCUT2D eigenvalue weighted by Crippen LogP contribution is -2.11. The van der Waals surface area contributed by atoms with E-state index in [1.165, 1.54) is 6.92 Å². The van der Waals surface area contributed by atoms with Gasteiger partial charge >= 0.3 is 0 Å². The molecule has 0 fully saturated rings. The predicted octanol–water partition coefficient (Wildman–Crippen LogP) is 4.98. The largest absolute Gasteiger partial charge is 0.320 e. The Morgan fingerprint density at radius 2 is 1.84 bits per heavy atom. The Labute approximate surface area is 185 Å². The highest BCUT2D eigenvalue weighted by atomic mass is 35.5. The second kappa shape index (κ2) is 9.22. The Hall–Kier alpha value is -3.32. The smallest absolute Gasteiger partial charge is 0.205 e. The van der Waals surface area contributed by atoms with Gasteiger partial charge in [0, 0.05) is 25.5 Å². The molecule has 0 bridgehead atoms. The number of hydrogen-bond acceptors (Lipinski definition) is 5. The van der Waals surface area contributed by atoms with Gasteiger partial charge in [0.25, 0.3) is 0 Å². The van der Waals surface area contributed by atoms with E-state index in [0.717, 1.165) is 47.3 Å². The number of rotatable bonds is 8. The van der Waals surface area contributed by atoms with Gasteiger partial charge in [-0.2, -0.15) is 5.21 Å². The highest BCUT2D eigenvalue weighted by Gasteiger charge is 2.19. The van der Waals surface area contributed by atoms with Crippen LogP contribution in [-0.4, -0.2) is 36.0 Å². The normalized spacial score (nSPS) is 11.1. The molecular weight excluding hydrogens is 412 g/mol. The molecule has 31 heavy (non-hydrogen) atoms. The minimum absolute atomic E-state index is 0.0779. The molecule has 0 aliphatic heterocycles. The number of unbranched alkanes of at least 4 members (excludes halogenated alkanes) is 1. The Kier molecular flexibility index (Phi) is 6.23. The van der Waals surface area contributed by atoms with Crippen LogP contribution in [0.5, 0.6) is 0 Å². The van der Waals surface area contributed by atoms with Gasteiger partial charge in [-0.05, 0) is 28.3 Å². The minimum Gasteiger partial charge on any atom is -0.320 e. The summed E-state index contributed by atoms with van der Waals surface area (Å²) >= 11 is 6.29. The van der Waals surface area contributed by atoms with Gasteiger partial charge in [-0.25, -0.2) is 4.98 Å². The van der Waals surface area contributed by atoms with Crippen molar-refractivity contribution in [2.24, 2.45) is 0 Å². The number of halogens is 1. The first-order valence-corrected chi connectivity index (χ1v) is 10.6. The van der Waals surface area contributed by atoms with Crippen molar-refractivity contribution in [1.82, 2.24) is 30.2 Å². The van der Waals surface area contributed by atoms with E-state index in [9.17, 15) is 4.79 Å². The van der Waals surface area contributed by atoms with Crippen LogP contribution in [0.4, 0.5) is 0 Å². The van der Waals surface area contributed by atoms with Crippen LogP contribution in [0.15, 0.2) is 48.5 Å². The van der Waals surface area contributed by atoms with Crippen LogP contribution in [-0.2, 0) is 13.0 Å².